The van der Waals surface area contributed by atoms with Crippen molar-refractivity contribution in [2.75, 3.05) is 19.6 Å². The van der Waals surface area contributed by atoms with E-state index in [9.17, 15) is 4.79 Å². The monoisotopic (exact) mass is 398 g/mol. The Balaban J connectivity index is 0.00000192. The number of hydrogen-bond acceptors (Lipinski definition) is 3. The number of benzene rings is 1. The van der Waals surface area contributed by atoms with Crippen molar-refractivity contribution in [3.63, 3.8) is 0 Å². The summed E-state index contributed by atoms with van der Waals surface area (Å²) in [5.74, 6) is 1.07. The minimum atomic E-state index is -0.00611. The molecule has 1 aromatic carbocycles. The molecule has 2 heterocycles. The molecular formula is C16H20BrClN4O. The quantitative estimate of drug-likeness (QED) is 0.862. The minimum absolute atomic E-state index is 0. The number of carbonyl (C=O) groups is 1. The van der Waals surface area contributed by atoms with Gasteiger partial charge in [0.2, 0.25) is 5.91 Å². The van der Waals surface area contributed by atoms with E-state index in [1.165, 1.54) is 0 Å². The Bertz CT molecular complexity index is 676. The van der Waals surface area contributed by atoms with Crippen molar-refractivity contribution >= 4 is 34.2 Å². The lowest BCUT2D eigenvalue weighted by molar-refractivity contribution is -0.134. The predicted molar refractivity (Wildman–Crippen MR) is 95.6 cm³/mol. The van der Waals surface area contributed by atoms with Crippen LogP contribution in [0.5, 0.6) is 0 Å². The average Bonchev–Trinajstić information content (AvgIpc) is 2.93. The molecule has 0 aliphatic carbocycles. The molecule has 0 radical (unpaired) electrons. The lowest BCUT2D eigenvalue weighted by atomic mass is 10.1. The molecule has 1 fully saturated rings. The highest BCUT2D eigenvalue weighted by Crippen LogP contribution is 2.22. The van der Waals surface area contributed by atoms with Crippen molar-refractivity contribution in [1.29, 1.82) is 0 Å². The van der Waals surface area contributed by atoms with Crippen LogP contribution in [-0.2, 0) is 18.3 Å². The average molecular weight is 400 g/mol. The summed E-state index contributed by atoms with van der Waals surface area (Å²) in [4.78, 5) is 19.1. The van der Waals surface area contributed by atoms with Gasteiger partial charge in [0, 0.05) is 43.5 Å². The number of nitrogens with zero attached hydrogens (tertiary/aromatic N) is 3. The van der Waals surface area contributed by atoms with E-state index in [4.69, 9.17) is 0 Å². The summed E-state index contributed by atoms with van der Waals surface area (Å²) in [5, 5.41) is 3.35. The molecule has 1 aliphatic heterocycles. The van der Waals surface area contributed by atoms with Gasteiger partial charge in [0.25, 0.3) is 0 Å². The maximum absolute atomic E-state index is 12.7. The van der Waals surface area contributed by atoms with Gasteiger partial charge < -0.3 is 14.8 Å². The van der Waals surface area contributed by atoms with Gasteiger partial charge in [0.1, 0.15) is 11.9 Å². The Morgan fingerprint density at radius 3 is 3.00 bits per heavy atom. The molecule has 23 heavy (non-hydrogen) atoms. The molecule has 0 spiro atoms. The summed E-state index contributed by atoms with van der Waals surface area (Å²) < 4.78 is 2.98. The fourth-order valence-corrected chi connectivity index (χ4v) is 3.30. The van der Waals surface area contributed by atoms with Crippen LogP contribution in [0, 0.1) is 0 Å². The van der Waals surface area contributed by atoms with Gasteiger partial charge >= 0.3 is 0 Å². The number of aryl methyl sites for hydroxylation is 1. The molecule has 1 aromatic heterocycles. The lowest BCUT2D eigenvalue weighted by Gasteiger charge is -2.35. The normalized spacial score (nSPS) is 17.7. The SMILES string of the molecule is Cl.Cn1ccnc1C1CNCCN1C(=O)Cc1cccc(Br)c1. The van der Waals surface area contributed by atoms with Crippen LogP contribution < -0.4 is 5.32 Å². The largest absolute Gasteiger partial charge is 0.336 e. The van der Waals surface area contributed by atoms with E-state index in [2.05, 4.69) is 26.2 Å². The molecule has 1 N–H and O–H groups in total. The van der Waals surface area contributed by atoms with Crippen LogP contribution >= 0.6 is 28.3 Å². The number of hydrogen-bond donors (Lipinski definition) is 1. The lowest BCUT2D eigenvalue weighted by Crippen LogP contribution is -2.49. The second-order valence-corrected chi connectivity index (χ2v) is 6.43. The van der Waals surface area contributed by atoms with Crippen LogP contribution in [0.15, 0.2) is 41.1 Å². The topological polar surface area (TPSA) is 50.2 Å². The van der Waals surface area contributed by atoms with E-state index in [-0.39, 0.29) is 24.4 Å². The van der Waals surface area contributed by atoms with Gasteiger partial charge in [-0.15, -0.1) is 12.4 Å². The number of amides is 1. The first-order chi connectivity index (χ1) is 10.6. The first-order valence-electron chi connectivity index (χ1n) is 7.37. The molecule has 1 amide bonds. The molecule has 5 nitrogen and oxygen atoms in total. The summed E-state index contributed by atoms with van der Waals surface area (Å²) in [6, 6.07) is 7.90. The molecule has 1 aliphatic rings. The maximum atomic E-state index is 12.7. The number of piperazine rings is 1. The molecule has 0 bridgehead atoms. The standard InChI is InChI=1S/C16H19BrN4O.ClH/c1-20-7-6-19-16(20)14-11-18-5-8-21(14)15(22)10-12-3-2-4-13(17)9-12;/h2-4,6-7,9,14,18H,5,8,10-11H2,1H3;1H. The van der Waals surface area contributed by atoms with Gasteiger partial charge in [-0.1, -0.05) is 28.1 Å². The second kappa shape index (κ2) is 7.95. The Labute approximate surface area is 150 Å². The van der Waals surface area contributed by atoms with Crippen molar-refractivity contribution in [3.8, 4) is 0 Å². The third-order valence-corrected chi connectivity index (χ3v) is 4.46. The summed E-state index contributed by atoms with van der Waals surface area (Å²) in [5.41, 5.74) is 1.02. The third-order valence-electron chi connectivity index (χ3n) is 3.96. The zero-order valence-corrected chi connectivity index (χ0v) is 15.3. The van der Waals surface area contributed by atoms with Gasteiger partial charge in [-0.25, -0.2) is 4.98 Å². The smallest absolute Gasteiger partial charge is 0.227 e. The summed E-state index contributed by atoms with van der Waals surface area (Å²) in [6.07, 6.45) is 4.11. The van der Waals surface area contributed by atoms with Gasteiger partial charge in [-0.2, -0.15) is 0 Å². The van der Waals surface area contributed by atoms with Crippen LogP contribution in [0.2, 0.25) is 0 Å². The van der Waals surface area contributed by atoms with Crippen molar-refractivity contribution in [1.82, 2.24) is 19.8 Å². The molecule has 7 heteroatoms. The van der Waals surface area contributed by atoms with Gasteiger partial charge in [0.15, 0.2) is 0 Å². The van der Waals surface area contributed by atoms with Crippen molar-refractivity contribution in [2.24, 2.45) is 7.05 Å². The second-order valence-electron chi connectivity index (χ2n) is 5.51. The molecule has 1 unspecified atom stereocenters. The van der Waals surface area contributed by atoms with Gasteiger partial charge in [-0.05, 0) is 17.7 Å². The van der Waals surface area contributed by atoms with E-state index in [1.54, 1.807) is 6.20 Å². The Kier molecular flexibility index (Phi) is 6.21. The van der Waals surface area contributed by atoms with Crippen LogP contribution in [0.3, 0.4) is 0 Å². The number of carbonyl (C=O) groups excluding carboxylic acids is 1. The fraction of sp³-hybridized carbons (Fsp3) is 0.375. The summed E-state index contributed by atoms with van der Waals surface area (Å²) >= 11 is 3.45. The van der Waals surface area contributed by atoms with E-state index in [0.29, 0.717) is 13.0 Å². The van der Waals surface area contributed by atoms with Crippen molar-refractivity contribution < 1.29 is 4.79 Å². The Hall–Kier alpha value is -1.37. The summed E-state index contributed by atoms with van der Waals surface area (Å²) in [6.45, 7) is 2.28. The van der Waals surface area contributed by atoms with Crippen LogP contribution in [-0.4, -0.2) is 40.0 Å². The number of halogens is 2. The van der Waals surface area contributed by atoms with E-state index >= 15 is 0 Å². The van der Waals surface area contributed by atoms with Crippen LogP contribution in [0.4, 0.5) is 0 Å². The zero-order valence-electron chi connectivity index (χ0n) is 12.9. The molecule has 0 saturated carbocycles. The number of aromatic nitrogens is 2. The predicted octanol–water partition coefficient (Wildman–Crippen LogP) is 2.32. The molecular weight excluding hydrogens is 380 g/mol. The van der Waals surface area contributed by atoms with Crippen molar-refractivity contribution in [3.05, 3.63) is 52.5 Å². The zero-order chi connectivity index (χ0) is 15.5. The minimum Gasteiger partial charge on any atom is -0.336 e. The van der Waals surface area contributed by atoms with Crippen molar-refractivity contribution in [2.45, 2.75) is 12.5 Å². The summed E-state index contributed by atoms with van der Waals surface area (Å²) in [7, 11) is 1.97. The Morgan fingerprint density at radius 1 is 1.48 bits per heavy atom. The molecule has 124 valence electrons. The first-order valence-corrected chi connectivity index (χ1v) is 8.16. The van der Waals surface area contributed by atoms with Gasteiger partial charge in [-0.3, -0.25) is 4.79 Å². The third kappa shape index (κ3) is 4.13. The van der Waals surface area contributed by atoms with Crippen LogP contribution in [0.25, 0.3) is 0 Å². The maximum Gasteiger partial charge on any atom is 0.227 e. The first kappa shape index (κ1) is 18.0. The van der Waals surface area contributed by atoms with Gasteiger partial charge in [0.05, 0.1) is 6.42 Å². The highest BCUT2D eigenvalue weighted by Gasteiger charge is 2.30. The Morgan fingerprint density at radius 2 is 2.30 bits per heavy atom. The van der Waals surface area contributed by atoms with E-state index < -0.39 is 0 Å². The molecule has 2 aromatic rings. The highest BCUT2D eigenvalue weighted by molar-refractivity contribution is 9.10. The van der Waals surface area contributed by atoms with E-state index in [0.717, 1.165) is 29.0 Å². The number of rotatable bonds is 3. The van der Waals surface area contributed by atoms with E-state index in [1.807, 2.05) is 47.0 Å². The van der Waals surface area contributed by atoms with Crippen LogP contribution in [0.1, 0.15) is 17.4 Å². The molecule has 1 atom stereocenters. The molecule has 1 saturated heterocycles. The molecule has 3 rings (SSSR count). The number of imidazole rings is 1. The fourth-order valence-electron chi connectivity index (χ4n) is 2.85. The highest BCUT2D eigenvalue weighted by atomic mass is 79.9. The number of nitrogens with one attached hydrogen (secondary N) is 1.